The normalized spacial score (nSPS) is 10.7. The second-order valence-electron chi connectivity index (χ2n) is 4.30. The highest BCUT2D eigenvalue weighted by Crippen LogP contribution is 2.04. The van der Waals surface area contributed by atoms with Crippen LogP contribution in [0.1, 0.15) is 31.7 Å². The first kappa shape index (κ1) is 12.5. The summed E-state index contributed by atoms with van der Waals surface area (Å²) in [6.07, 6.45) is 6.87. The molecule has 5 nitrogen and oxygen atoms in total. The van der Waals surface area contributed by atoms with Crippen LogP contribution in [0.2, 0.25) is 0 Å². The molecule has 0 fully saturated rings. The number of amides is 1. The largest absolute Gasteiger partial charge is 0.356 e. The Morgan fingerprint density at radius 2 is 2.39 bits per heavy atom. The maximum atomic E-state index is 11.4. The Bertz CT molecular complexity index is 520. The van der Waals surface area contributed by atoms with E-state index in [9.17, 15) is 4.79 Å². The second-order valence-corrected chi connectivity index (χ2v) is 4.30. The minimum atomic E-state index is 0.139. The van der Waals surface area contributed by atoms with Crippen molar-refractivity contribution in [3.05, 3.63) is 30.2 Å². The van der Waals surface area contributed by atoms with Crippen LogP contribution in [0.25, 0.3) is 5.65 Å². The van der Waals surface area contributed by atoms with E-state index in [1.54, 1.807) is 4.52 Å². The van der Waals surface area contributed by atoms with E-state index in [1.165, 1.54) is 6.33 Å². The average molecular weight is 246 g/mol. The van der Waals surface area contributed by atoms with Crippen molar-refractivity contribution in [2.24, 2.45) is 0 Å². The van der Waals surface area contributed by atoms with E-state index in [0.29, 0.717) is 13.0 Å². The lowest BCUT2D eigenvalue weighted by Gasteiger charge is -2.05. The van der Waals surface area contributed by atoms with E-state index in [0.717, 1.165) is 30.5 Å². The predicted octanol–water partition coefficient (Wildman–Crippen LogP) is 1.58. The minimum absolute atomic E-state index is 0.139. The summed E-state index contributed by atoms with van der Waals surface area (Å²) in [5.74, 6) is 0.139. The Morgan fingerprint density at radius 1 is 1.50 bits per heavy atom. The number of hydrogen-bond acceptors (Lipinski definition) is 3. The van der Waals surface area contributed by atoms with Crippen LogP contribution >= 0.6 is 0 Å². The Morgan fingerprint density at radius 3 is 3.22 bits per heavy atom. The lowest BCUT2D eigenvalue weighted by atomic mass is 10.2. The molecule has 1 N–H and O–H groups in total. The molecule has 1 amide bonds. The first-order chi connectivity index (χ1) is 8.79. The molecule has 0 saturated carbocycles. The number of hydrogen-bond donors (Lipinski definition) is 1. The van der Waals surface area contributed by atoms with Crippen LogP contribution in [0.15, 0.2) is 24.7 Å². The molecule has 0 bridgehead atoms. The van der Waals surface area contributed by atoms with Crippen LogP contribution in [0.4, 0.5) is 0 Å². The third-order valence-electron chi connectivity index (χ3n) is 2.84. The van der Waals surface area contributed by atoms with E-state index in [1.807, 2.05) is 18.3 Å². The zero-order chi connectivity index (χ0) is 12.8. The third kappa shape index (κ3) is 3.29. The topological polar surface area (TPSA) is 59.3 Å². The van der Waals surface area contributed by atoms with Gasteiger partial charge in [-0.15, -0.1) is 0 Å². The maximum Gasteiger partial charge on any atom is 0.220 e. The van der Waals surface area contributed by atoms with E-state index in [4.69, 9.17) is 0 Å². The maximum absolute atomic E-state index is 11.4. The Kier molecular flexibility index (Phi) is 4.28. The number of fused-ring (bicyclic) bond motifs is 1. The fourth-order valence-corrected chi connectivity index (χ4v) is 1.78. The van der Waals surface area contributed by atoms with Gasteiger partial charge >= 0.3 is 0 Å². The molecule has 96 valence electrons. The Labute approximate surface area is 106 Å². The van der Waals surface area contributed by atoms with Crippen molar-refractivity contribution in [1.82, 2.24) is 19.9 Å². The number of carbonyl (C=O) groups is 1. The molecule has 2 heterocycles. The number of carbonyl (C=O) groups excluding carboxylic acids is 1. The molecule has 0 aliphatic rings. The van der Waals surface area contributed by atoms with Gasteiger partial charge in [-0.25, -0.2) is 9.50 Å². The minimum Gasteiger partial charge on any atom is -0.356 e. The van der Waals surface area contributed by atoms with Gasteiger partial charge in [0.1, 0.15) is 6.33 Å². The molecule has 0 spiro atoms. The van der Waals surface area contributed by atoms with Crippen molar-refractivity contribution in [3.63, 3.8) is 0 Å². The van der Waals surface area contributed by atoms with Gasteiger partial charge in [0.2, 0.25) is 5.91 Å². The number of aromatic nitrogens is 3. The van der Waals surface area contributed by atoms with Crippen LogP contribution in [-0.2, 0) is 11.2 Å². The standard InChI is InChI=1S/C13H18N4O/c1-2-3-4-13(18)14-7-5-11-6-8-17-12(9-11)15-10-16-17/h6,8-10H,2-5,7H2,1H3,(H,14,18). The molecule has 0 atom stereocenters. The molecule has 5 heteroatoms. The molecule has 2 aromatic rings. The molecule has 2 rings (SSSR count). The molecule has 0 aliphatic carbocycles. The fraction of sp³-hybridized carbons (Fsp3) is 0.462. The lowest BCUT2D eigenvalue weighted by molar-refractivity contribution is -0.121. The number of rotatable bonds is 6. The van der Waals surface area contributed by atoms with Crippen molar-refractivity contribution >= 4 is 11.6 Å². The molecular formula is C13H18N4O. The van der Waals surface area contributed by atoms with Gasteiger partial charge in [0.05, 0.1) is 0 Å². The summed E-state index contributed by atoms with van der Waals surface area (Å²) < 4.78 is 1.73. The van der Waals surface area contributed by atoms with Crippen molar-refractivity contribution in [2.45, 2.75) is 32.6 Å². The Balaban J connectivity index is 1.81. The first-order valence-electron chi connectivity index (χ1n) is 6.34. The van der Waals surface area contributed by atoms with E-state index < -0.39 is 0 Å². The molecule has 0 aromatic carbocycles. The highest BCUT2D eigenvalue weighted by atomic mass is 16.1. The summed E-state index contributed by atoms with van der Waals surface area (Å²) >= 11 is 0. The smallest absolute Gasteiger partial charge is 0.220 e. The van der Waals surface area contributed by atoms with Crippen LogP contribution in [0.3, 0.4) is 0 Å². The average Bonchev–Trinajstić information content (AvgIpc) is 2.83. The van der Waals surface area contributed by atoms with E-state index in [-0.39, 0.29) is 5.91 Å². The molecular weight excluding hydrogens is 228 g/mol. The van der Waals surface area contributed by atoms with Crippen molar-refractivity contribution in [1.29, 1.82) is 0 Å². The van der Waals surface area contributed by atoms with Crippen LogP contribution in [0.5, 0.6) is 0 Å². The quantitative estimate of drug-likeness (QED) is 0.841. The van der Waals surface area contributed by atoms with Gasteiger partial charge in [0.15, 0.2) is 5.65 Å². The highest BCUT2D eigenvalue weighted by molar-refractivity contribution is 5.75. The molecule has 18 heavy (non-hydrogen) atoms. The number of nitrogens with one attached hydrogen (secondary N) is 1. The number of unbranched alkanes of at least 4 members (excludes halogenated alkanes) is 1. The highest BCUT2D eigenvalue weighted by Gasteiger charge is 2.01. The van der Waals surface area contributed by atoms with Crippen molar-refractivity contribution in [2.75, 3.05) is 6.54 Å². The van der Waals surface area contributed by atoms with E-state index >= 15 is 0 Å². The summed E-state index contributed by atoms with van der Waals surface area (Å²) in [7, 11) is 0. The summed E-state index contributed by atoms with van der Waals surface area (Å²) in [4.78, 5) is 15.6. The molecule has 0 radical (unpaired) electrons. The van der Waals surface area contributed by atoms with Crippen LogP contribution in [0, 0.1) is 0 Å². The third-order valence-corrected chi connectivity index (χ3v) is 2.84. The lowest BCUT2D eigenvalue weighted by Crippen LogP contribution is -2.25. The van der Waals surface area contributed by atoms with E-state index in [2.05, 4.69) is 22.3 Å². The fourth-order valence-electron chi connectivity index (χ4n) is 1.78. The SMILES string of the molecule is CCCCC(=O)NCCc1ccn2ncnc2c1. The second kappa shape index (κ2) is 6.14. The summed E-state index contributed by atoms with van der Waals surface area (Å²) in [6.45, 7) is 2.76. The molecule has 0 aliphatic heterocycles. The van der Waals surface area contributed by atoms with Gasteiger partial charge in [-0.1, -0.05) is 13.3 Å². The van der Waals surface area contributed by atoms with Crippen LogP contribution in [-0.4, -0.2) is 27.0 Å². The molecule has 0 saturated heterocycles. The first-order valence-corrected chi connectivity index (χ1v) is 6.34. The van der Waals surface area contributed by atoms with Gasteiger partial charge in [0.25, 0.3) is 0 Å². The molecule has 0 unspecified atom stereocenters. The Hall–Kier alpha value is -1.91. The monoisotopic (exact) mass is 246 g/mol. The predicted molar refractivity (Wildman–Crippen MR) is 69.2 cm³/mol. The number of nitrogens with zero attached hydrogens (tertiary/aromatic N) is 3. The van der Waals surface area contributed by atoms with Gasteiger partial charge in [-0.05, 0) is 30.5 Å². The summed E-state index contributed by atoms with van der Waals surface area (Å²) in [6, 6.07) is 3.99. The van der Waals surface area contributed by atoms with Gasteiger partial charge in [-0.3, -0.25) is 4.79 Å². The van der Waals surface area contributed by atoms with Gasteiger partial charge in [-0.2, -0.15) is 5.10 Å². The van der Waals surface area contributed by atoms with Crippen molar-refractivity contribution < 1.29 is 4.79 Å². The van der Waals surface area contributed by atoms with Crippen molar-refractivity contribution in [3.8, 4) is 0 Å². The summed E-state index contributed by atoms with van der Waals surface area (Å²) in [5.41, 5.74) is 2.00. The van der Waals surface area contributed by atoms with Crippen LogP contribution < -0.4 is 5.32 Å². The molecule has 2 aromatic heterocycles. The zero-order valence-corrected chi connectivity index (χ0v) is 10.6. The zero-order valence-electron chi connectivity index (χ0n) is 10.6. The van der Waals surface area contributed by atoms with Gasteiger partial charge in [0, 0.05) is 19.2 Å². The summed E-state index contributed by atoms with van der Waals surface area (Å²) in [5, 5.41) is 6.96. The number of pyridine rings is 1. The van der Waals surface area contributed by atoms with Gasteiger partial charge < -0.3 is 5.32 Å².